The summed E-state index contributed by atoms with van der Waals surface area (Å²) in [7, 11) is 0. The Labute approximate surface area is 101 Å². The van der Waals surface area contributed by atoms with E-state index in [2.05, 4.69) is 28.6 Å². The van der Waals surface area contributed by atoms with Gasteiger partial charge in [0.15, 0.2) is 0 Å². The van der Waals surface area contributed by atoms with Crippen LogP contribution >= 0.6 is 39.9 Å². The van der Waals surface area contributed by atoms with Crippen molar-refractivity contribution in [2.45, 2.75) is 11.8 Å². The van der Waals surface area contributed by atoms with E-state index in [0.29, 0.717) is 6.61 Å². The van der Waals surface area contributed by atoms with Gasteiger partial charge in [0, 0.05) is 20.1 Å². The monoisotopic (exact) mass is 288 g/mol. The highest BCUT2D eigenvalue weighted by Crippen LogP contribution is 2.40. The van der Waals surface area contributed by atoms with E-state index in [1.54, 1.807) is 11.3 Å². The van der Waals surface area contributed by atoms with Gasteiger partial charge < -0.3 is 4.74 Å². The minimum absolute atomic E-state index is 0.691. The molecule has 0 atom stereocenters. The van der Waals surface area contributed by atoms with Gasteiger partial charge in [-0.15, -0.1) is 24.0 Å². The Morgan fingerprint density at radius 1 is 1.50 bits per heavy atom. The molecule has 0 spiro atoms. The van der Waals surface area contributed by atoms with Crippen LogP contribution in [-0.2, 0) is 0 Å². The largest absolute Gasteiger partial charge is 0.492 e. The van der Waals surface area contributed by atoms with Crippen molar-refractivity contribution in [3.05, 3.63) is 22.0 Å². The van der Waals surface area contributed by atoms with Gasteiger partial charge in [0.05, 0.1) is 11.3 Å². The molecule has 1 nitrogen and oxygen atoms in total. The second kappa shape index (κ2) is 4.13. The van der Waals surface area contributed by atoms with Crippen LogP contribution in [0.3, 0.4) is 0 Å². The lowest BCUT2D eigenvalue weighted by Gasteiger charge is -2.05. The summed E-state index contributed by atoms with van der Waals surface area (Å²) in [5.74, 6) is 0.941. The SMILES string of the molecule is CCOc1ccc(Br)c2c(S)csc12. The summed E-state index contributed by atoms with van der Waals surface area (Å²) in [5, 5.41) is 3.17. The first-order chi connectivity index (χ1) is 6.74. The molecule has 0 amide bonds. The standard InChI is InChI=1S/C10H9BrOS2/c1-2-12-7-4-3-6(11)9-8(13)5-14-10(7)9/h3-5,13H,2H2,1H3. The number of thiol groups is 1. The normalized spacial score (nSPS) is 10.8. The Morgan fingerprint density at radius 2 is 2.29 bits per heavy atom. The third kappa shape index (κ3) is 1.66. The number of fused-ring (bicyclic) bond motifs is 1. The first kappa shape index (κ1) is 10.3. The van der Waals surface area contributed by atoms with Crippen LogP contribution in [0.15, 0.2) is 26.9 Å². The third-order valence-electron chi connectivity index (χ3n) is 1.92. The lowest BCUT2D eigenvalue weighted by molar-refractivity contribution is 0.345. The Morgan fingerprint density at radius 3 is 3.00 bits per heavy atom. The van der Waals surface area contributed by atoms with Crippen molar-refractivity contribution in [2.24, 2.45) is 0 Å². The van der Waals surface area contributed by atoms with Gasteiger partial charge in [-0.2, -0.15) is 0 Å². The molecular weight excluding hydrogens is 280 g/mol. The van der Waals surface area contributed by atoms with Crippen LogP contribution in [0.5, 0.6) is 5.75 Å². The number of hydrogen-bond donors (Lipinski definition) is 1. The summed E-state index contributed by atoms with van der Waals surface area (Å²) in [6.07, 6.45) is 0. The van der Waals surface area contributed by atoms with Gasteiger partial charge in [-0.05, 0) is 19.1 Å². The molecule has 0 aliphatic rings. The molecule has 0 saturated heterocycles. The van der Waals surface area contributed by atoms with Crippen LogP contribution in [-0.4, -0.2) is 6.61 Å². The van der Waals surface area contributed by atoms with Crippen LogP contribution in [0.4, 0.5) is 0 Å². The molecule has 0 unspecified atom stereocenters. The fourth-order valence-corrected chi connectivity index (χ4v) is 3.56. The highest BCUT2D eigenvalue weighted by Gasteiger charge is 2.09. The molecule has 0 aliphatic carbocycles. The molecule has 1 heterocycles. The second-order valence-electron chi connectivity index (χ2n) is 2.80. The smallest absolute Gasteiger partial charge is 0.137 e. The maximum absolute atomic E-state index is 5.54. The molecular formula is C10H9BrOS2. The fourth-order valence-electron chi connectivity index (χ4n) is 1.34. The predicted molar refractivity (Wildman–Crippen MR) is 67.9 cm³/mol. The van der Waals surface area contributed by atoms with Crippen molar-refractivity contribution in [3.63, 3.8) is 0 Å². The lowest BCUT2D eigenvalue weighted by Crippen LogP contribution is -1.90. The zero-order valence-corrected chi connectivity index (χ0v) is 10.9. The van der Waals surface area contributed by atoms with Gasteiger partial charge in [0.25, 0.3) is 0 Å². The summed E-state index contributed by atoms with van der Waals surface area (Å²) in [5.41, 5.74) is 0. The number of halogens is 1. The van der Waals surface area contributed by atoms with Gasteiger partial charge in [-0.3, -0.25) is 0 Å². The van der Waals surface area contributed by atoms with E-state index in [-0.39, 0.29) is 0 Å². The molecule has 14 heavy (non-hydrogen) atoms. The van der Waals surface area contributed by atoms with Crippen molar-refractivity contribution < 1.29 is 4.74 Å². The van der Waals surface area contributed by atoms with Crippen LogP contribution in [0, 0.1) is 0 Å². The molecule has 0 radical (unpaired) electrons. The molecule has 0 fully saturated rings. The first-order valence-corrected chi connectivity index (χ1v) is 6.37. The number of benzene rings is 1. The fraction of sp³-hybridized carbons (Fsp3) is 0.200. The van der Waals surface area contributed by atoms with Gasteiger partial charge in [-0.1, -0.05) is 15.9 Å². The molecule has 1 aromatic carbocycles. The molecule has 2 rings (SSSR count). The average Bonchev–Trinajstić information content (AvgIpc) is 2.54. The van der Waals surface area contributed by atoms with Gasteiger partial charge >= 0.3 is 0 Å². The Kier molecular flexibility index (Phi) is 3.04. The van der Waals surface area contributed by atoms with Crippen LogP contribution in [0.2, 0.25) is 0 Å². The molecule has 0 N–H and O–H groups in total. The van der Waals surface area contributed by atoms with Crippen molar-refractivity contribution in [1.29, 1.82) is 0 Å². The molecule has 1 aromatic heterocycles. The molecule has 2 aromatic rings. The predicted octanol–water partition coefficient (Wildman–Crippen LogP) is 4.35. The number of ether oxygens (including phenoxy) is 1. The molecule has 74 valence electrons. The van der Waals surface area contributed by atoms with Crippen LogP contribution in [0.25, 0.3) is 10.1 Å². The zero-order chi connectivity index (χ0) is 10.1. The number of rotatable bonds is 2. The molecule has 0 aliphatic heterocycles. The highest BCUT2D eigenvalue weighted by molar-refractivity contribution is 9.10. The molecule has 0 bridgehead atoms. The minimum atomic E-state index is 0.691. The van der Waals surface area contributed by atoms with Crippen LogP contribution < -0.4 is 4.74 Å². The maximum atomic E-state index is 5.54. The van der Waals surface area contributed by atoms with E-state index in [1.165, 1.54) is 0 Å². The Bertz CT molecular complexity index is 464. The summed E-state index contributed by atoms with van der Waals surface area (Å²) < 4.78 is 7.77. The zero-order valence-electron chi connectivity index (χ0n) is 7.58. The Balaban J connectivity index is 2.70. The maximum Gasteiger partial charge on any atom is 0.137 e. The summed E-state index contributed by atoms with van der Waals surface area (Å²) in [6.45, 7) is 2.68. The van der Waals surface area contributed by atoms with E-state index < -0.39 is 0 Å². The number of thiophene rings is 1. The van der Waals surface area contributed by atoms with Crippen molar-refractivity contribution in [1.82, 2.24) is 0 Å². The summed E-state index contributed by atoms with van der Waals surface area (Å²) in [4.78, 5) is 0.999. The minimum Gasteiger partial charge on any atom is -0.492 e. The van der Waals surface area contributed by atoms with Gasteiger partial charge in [0.2, 0.25) is 0 Å². The quantitative estimate of drug-likeness (QED) is 0.809. The van der Waals surface area contributed by atoms with E-state index in [1.807, 2.05) is 24.4 Å². The second-order valence-corrected chi connectivity index (χ2v) is 5.02. The average molecular weight is 289 g/mol. The van der Waals surface area contributed by atoms with Gasteiger partial charge in [0.1, 0.15) is 5.75 Å². The summed E-state index contributed by atoms with van der Waals surface area (Å²) in [6, 6.07) is 3.99. The third-order valence-corrected chi connectivity index (χ3v) is 4.10. The van der Waals surface area contributed by atoms with Crippen LogP contribution in [0.1, 0.15) is 6.92 Å². The highest BCUT2D eigenvalue weighted by atomic mass is 79.9. The first-order valence-electron chi connectivity index (χ1n) is 4.25. The summed E-state index contributed by atoms with van der Waals surface area (Å²) >= 11 is 9.59. The molecule has 0 saturated carbocycles. The van der Waals surface area contributed by atoms with Gasteiger partial charge in [-0.25, -0.2) is 0 Å². The van der Waals surface area contributed by atoms with Crippen molar-refractivity contribution in [3.8, 4) is 5.75 Å². The van der Waals surface area contributed by atoms with E-state index in [9.17, 15) is 0 Å². The molecule has 4 heteroatoms. The van der Waals surface area contributed by atoms with E-state index in [4.69, 9.17) is 4.74 Å². The topological polar surface area (TPSA) is 9.23 Å². The lowest BCUT2D eigenvalue weighted by atomic mass is 10.2. The van der Waals surface area contributed by atoms with Crippen molar-refractivity contribution in [2.75, 3.05) is 6.61 Å². The Hall–Kier alpha value is -0.190. The van der Waals surface area contributed by atoms with E-state index >= 15 is 0 Å². The number of hydrogen-bond acceptors (Lipinski definition) is 3. The van der Waals surface area contributed by atoms with Crippen molar-refractivity contribution >= 4 is 50.0 Å². The van der Waals surface area contributed by atoms with E-state index in [0.717, 1.165) is 25.2 Å².